The minimum atomic E-state index is -0.685. The molecule has 0 spiro atoms. The normalized spacial score (nSPS) is 11.8. The summed E-state index contributed by atoms with van der Waals surface area (Å²) in [7, 11) is 1.32. The van der Waals surface area contributed by atoms with Gasteiger partial charge in [0.15, 0.2) is 6.10 Å². The molecule has 0 bridgehead atoms. The molecular weight excluding hydrogens is 344 g/mol. The quantitative estimate of drug-likeness (QED) is 0.642. The highest BCUT2D eigenvalue weighted by Gasteiger charge is 2.14. The zero-order valence-corrected chi connectivity index (χ0v) is 14.4. The van der Waals surface area contributed by atoms with Crippen LogP contribution in [-0.2, 0) is 9.53 Å². The number of ether oxygens (including phenoxy) is 3. The van der Waals surface area contributed by atoms with Gasteiger partial charge in [-0.15, -0.1) is 10.2 Å². The Kier molecular flexibility index (Phi) is 5.00. The van der Waals surface area contributed by atoms with Gasteiger partial charge in [-0.3, -0.25) is 0 Å². The smallest absolute Gasteiger partial charge is 0.346 e. The molecule has 0 amide bonds. The maximum absolute atomic E-state index is 11.4. The minimum absolute atomic E-state index is 0.367. The highest BCUT2D eigenvalue weighted by atomic mass is 35.5. The van der Waals surface area contributed by atoms with Crippen LogP contribution in [0.25, 0.3) is 10.9 Å². The highest BCUT2D eigenvalue weighted by molar-refractivity contribution is 6.31. The Balaban J connectivity index is 1.71. The Bertz CT molecular complexity index is 899. The molecule has 1 atom stereocenters. The van der Waals surface area contributed by atoms with Gasteiger partial charge in [-0.1, -0.05) is 17.7 Å². The van der Waals surface area contributed by atoms with Gasteiger partial charge < -0.3 is 14.2 Å². The van der Waals surface area contributed by atoms with E-state index in [1.165, 1.54) is 7.11 Å². The molecule has 0 saturated heterocycles. The second-order valence-corrected chi connectivity index (χ2v) is 5.68. The van der Waals surface area contributed by atoms with Gasteiger partial charge >= 0.3 is 5.97 Å². The van der Waals surface area contributed by atoms with Crippen LogP contribution in [0.15, 0.2) is 48.5 Å². The van der Waals surface area contributed by atoms with Crippen LogP contribution < -0.4 is 9.47 Å². The number of rotatable bonds is 5. The van der Waals surface area contributed by atoms with Gasteiger partial charge in [0.25, 0.3) is 0 Å². The summed E-state index contributed by atoms with van der Waals surface area (Å²) in [6.07, 6.45) is -0.685. The van der Waals surface area contributed by atoms with E-state index in [0.717, 1.165) is 5.39 Å². The van der Waals surface area contributed by atoms with Crippen molar-refractivity contribution >= 4 is 28.5 Å². The van der Waals surface area contributed by atoms with Crippen molar-refractivity contribution in [3.8, 4) is 17.4 Å². The third kappa shape index (κ3) is 4.16. The fraction of sp³-hybridized carbons (Fsp3) is 0.167. The number of aromatic nitrogens is 2. The Morgan fingerprint density at radius 2 is 1.76 bits per heavy atom. The first-order valence-electron chi connectivity index (χ1n) is 7.50. The minimum Gasteiger partial charge on any atom is -0.479 e. The first kappa shape index (κ1) is 17.0. The van der Waals surface area contributed by atoms with Crippen LogP contribution in [0.2, 0.25) is 5.02 Å². The Hall–Kier alpha value is -2.86. The summed E-state index contributed by atoms with van der Waals surface area (Å²) in [6.45, 7) is 1.62. The van der Waals surface area contributed by atoms with Crippen molar-refractivity contribution in [1.82, 2.24) is 10.2 Å². The number of nitrogens with zero attached hydrogens (tertiary/aromatic N) is 2. The summed E-state index contributed by atoms with van der Waals surface area (Å²) in [5, 5.41) is 9.59. The molecule has 25 heavy (non-hydrogen) atoms. The zero-order valence-electron chi connectivity index (χ0n) is 13.6. The van der Waals surface area contributed by atoms with Crippen molar-refractivity contribution in [1.29, 1.82) is 0 Å². The summed E-state index contributed by atoms with van der Waals surface area (Å²) >= 11 is 5.93. The molecule has 128 valence electrons. The standard InChI is InChI=1S/C18H15ClN2O4/c1-11(18(22)23-2)24-14-5-7-15(8-6-14)25-17-9-12-3-4-13(19)10-16(12)20-21-17/h3-11H,1-2H3. The van der Waals surface area contributed by atoms with Gasteiger partial charge in [0, 0.05) is 16.5 Å². The third-order valence-corrected chi connectivity index (χ3v) is 3.65. The predicted molar refractivity (Wildman–Crippen MR) is 93.2 cm³/mol. The van der Waals surface area contributed by atoms with E-state index in [-0.39, 0.29) is 0 Å². The van der Waals surface area contributed by atoms with E-state index in [0.29, 0.717) is 27.9 Å². The predicted octanol–water partition coefficient (Wildman–Crippen LogP) is 4.02. The monoisotopic (exact) mass is 358 g/mol. The number of esters is 1. The molecule has 2 aromatic carbocycles. The highest BCUT2D eigenvalue weighted by Crippen LogP contribution is 2.25. The fourth-order valence-corrected chi connectivity index (χ4v) is 2.33. The SMILES string of the molecule is COC(=O)C(C)Oc1ccc(Oc2cc3ccc(Cl)cc3nn2)cc1. The van der Waals surface area contributed by atoms with E-state index in [2.05, 4.69) is 14.9 Å². The van der Waals surface area contributed by atoms with Crippen molar-refractivity contribution in [2.24, 2.45) is 0 Å². The summed E-state index contributed by atoms with van der Waals surface area (Å²) < 4.78 is 15.8. The molecule has 0 radical (unpaired) electrons. The lowest BCUT2D eigenvalue weighted by atomic mass is 10.2. The van der Waals surface area contributed by atoms with Gasteiger partial charge in [-0.05, 0) is 43.3 Å². The molecule has 0 aliphatic carbocycles. The van der Waals surface area contributed by atoms with Crippen molar-refractivity contribution in [2.75, 3.05) is 7.11 Å². The molecule has 0 fully saturated rings. The number of halogens is 1. The van der Waals surface area contributed by atoms with Crippen LogP contribution in [0.3, 0.4) is 0 Å². The molecule has 1 aromatic heterocycles. The van der Waals surface area contributed by atoms with E-state index < -0.39 is 12.1 Å². The Morgan fingerprint density at radius 1 is 1.04 bits per heavy atom. The second-order valence-electron chi connectivity index (χ2n) is 5.24. The summed E-state index contributed by atoms with van der Waals surface area (Å²) in [6, 6.07) is 14.0. The van der Waals surface area contributed by atoms with E-state index in [1.54, 1.807) is 49.4 Å². The van der Waals surface area contributed by atoms with E-state index in [1.807, 2.05) is 6.07 Å². The fourth-order valence-electron chi connectivity index (χ4n) is 2.17. The summed E-state index contributed by atoms with van der Waals surface area (Å²) in [5.41, 5.74) is 0.695. The molecule has 1 heterocycles. The molecule has 1 unspecified atom stereocenters. The van der Waals surface area contributed by atoms with Gasteiger partial charge in [0.1, 0.15) is 11.5 Å². The Labute approximate surface area is 149 Å². The number of carbonyl (C=O) groups is 1. The van der Waals surface area contributed by atoms with Gasteiger partial charge in [0.05, 0.1) is 12.6 Å². The summed E-state index contributed by atoms with van der Waals surface area (Å²) in [5.74, 6) is 1.03. The molecule has 0 aliphatic rings. The first-order valence-corrected chi connectivity index (χ1v) is 7.88. The van der Waals surface area contributed by atoms with E-state index >= 15 is 0 Å². The molecule has 0 aliphatic heterocycles. The third-order valence-electron chi connectivity index (χ3n) is 3.42. The average molecular weight is 359 g/mol. The zero-order chi connectivity index (χ0) is 17.8. The summed E-state index contributed by atoms with van der Waals surface area (Å²) in [4.78, 5) is 11.4. The maximum atomic E-state index is 11.4. The van der Waals surface area contributed by atoms with Crippen molar-refractivity contribution in [2.45, 2.75) is 13.0 Å². The number of hydrogen-bond acceptors (Lipinski definition) is 6. The second kappa shape index (κ2) is 7.36. The lowest BCUT2D eigenvalue weighted by molar-refractivity contribution is -0.147. The molecule has 7 heteroatoms. The van der Waals surface area contributed by atoms with Crippen LogP contribution in [-0.4, -0.2) is 29.4 Å². The largest absolute Gasteiger partial charge is 0.479 e. The number of carbonyl (C=O) groups excluding carboxylic acids is 1. The molecule has 3 aromatic rings. The number of hydrogen-bond donors (Lipinski definition) is 0. The average Bonchev–Trinajstić information content (AvgIpc) is 2.62. The molecule has 3 rings (SSSR count). The molecular formula is C18H15ClN2O4. The number of fused-ring (bicyclic) bond motifs is 1. The molecule has 6 nitrogen and oxygen atoms in total. The lowest BCUT2D eigenvalue weighted by Gasteiger charge is -2.12. The van der Waals surface area contributed by atoms with Crippen LogP contribution in [0.5, 0.6) is 17.4 Å². The van der Waals surface area contributed by atoms with Crippen LogP contribution in [0.4, 0.5) is 0 Å². The van der Waals surface area contributed by atoms with E-state index in [9.17, 15) is 4.79 Å². The maximum Gasteiger partial charge on any atom is 0.346 e. The molecule has 0 N–H and O–H groups in total. The van der Waals surface area contributed by atoms with Crippen molar-refractivity contribution in [3.05, 3.63) is 53.6 Å². The van der Waals surface area contributed by atoms with Crippen molar-refractivity contribution < 1.29 is 19.0 Å². The van der Waals surface area contributed by atoms with Crippen LogP contribution in [0, 0.1) is 0 Å². The first-order chi connectivity index (χ1) is 12.0. The van der Waals surface area contributed by atoms with Crippen molar-refractivity contribution in [3.63, 3.8) is 0 Å². The van der Waals surface area contributed by atoms with E-state index in [4.69, 9.17) is 21.1 Å². The van der Waals surface area contributed by atoms with Crippen LogP contribution >= 0.6 is 11.6 Å². The van der Waals surface area contributed by atoms with Gasteiger partial charge in [-0.25, -0.2) is 4.79 Å². The number of methoxy groups -OCH3 is 1. The molecule has 0 saturated carbocycles. The number of benzene rings is 2. The Morgan fingerprint density at radius 3 is 2.48 bits per heavy atom. The van der Waals surface area contributed by atoms with Crippen LogP contribution in [0.1, 0.15) is 6.92 Å². The van der Waals surface area contributed by atoms with Gasteiger partial charge in [0.2, 0.25) is 5.88 Å². The lowest BCUT2D eigenvalue weighted by Crippen LogP contribution is -2.24. The topological polar surface area (TPSA) is 70.5 Å². The van der Waals surface area contributed by atoms with Gasteiger partial charge in [-0.2, -0.15) is 0 Å².